The van der Waals surface area contributed by atoms with Gasteiger partial charge in [-0.15, -0.1) is 0 Å². The van der Waals surface area contributed by atoms with Gasteiger partial charge >= 0.3 is 0 Å². The quantitative estimate of drug-likeness (QED) is 0.846. The predicted octanol–water partition coefficient (Wildman–Crippen LogP) is 2.84. The van der Waals surface area contributed by atoms with E-state index in [-0.39, 0.29) is 16.3 Å². The zero-order chi connectivity index (χ0) is 14.0. The minimum Gasteiger partial charge on any atom is -0.497 e. The number of thioether (sulfide) groups is 1. The summed E-state index contributed by atoms with van der Waals surface area (Å²) in [5, 5.41) is 0.0902. The highest BCUT2D eigenvalue weighted by molar-refractivity contribution is 9.10. The fourth-order valence-electron chi connectivity index (χ4n) is 2.05. The van der Waals surface area contributed by atoms with Crippen molar-refractivity contribution in [3.8, 4) is 5.75 Å². The summed E-state index contributed by atoms with van der Waals surface area (Å²) in [6, 6.07) is 5.49. The van der Waals surface area contributed by atoms with E-state index >= 15 is 0 Å². The van der Waals surface area contributed by atoms with Crippen LogP contribution in [0.3, 0.4) is 0 Å². The molecule has 102 valence electrons. The normalized spacial score (nSPS) is 18.8. The third kappa shape index (κ3) is 3.30. The maximum Gasteiger partial charge on any atom is 0.228 e. The van der Waals surface area contributed by atoms with Gasteiger partial charge in [0.1, 0.15) is 5.75 Å². The molecular formula is C13H14BrNO3S. The summed E-state index contributed by atoms with van der Waals surface area (Å²) < 4.78 is 5.94. The van der Waals surface area contributed by atoms with Crippen molar-refractivity contribution in [2.45, 2.75) is 18.6 Å². The topological polar surface area (TPSA) is 46.6 Å². The molecule has 0 saturated carbocycles. The molecule has 4 nitrogen and oxygen atoms in total. The Kier molecular flexibility index (Phi) is 4.52. The van der Waals surface area contributed by atoms with Crippen molar-refractivity contribution >= 4 is 44.4 Å². The summed E-state index contributed by atoms with van der Waals surface area (Å²) in [6.45, 7) is 2.09. The van der Waals surface area contributed by atoms with Crippen molar-refractivity contribution in [3.05, 3.63) is 22.7 Å². The number of halogens is 1. The average Bonchev–Trinajstić information content (AvgIpc) is 2.69. The molecule has 1 aromatic carbocycles. The molecule has 0 aliphatic carbocycles. The van der Waals surface area contributed by atoms with E-state index in [1.165, 1.54) is 18.7 Å². The monoisotopic (exact) mass is 343 g/mol. The van der Waals surface area contributed by atoms with Crippen LogP contribution in [-0.4, -0.2) is 29.9 Å². The molecule has 19 heavy (non-hydrogen) atoms. The average molecular weight is 344 g/mol. The number of ether oxygens (including phenoxy) is 1. The largest absolute Gasteiger partial charge is 0.497 e. The molecule has 1 fully saturated rings. The van der Waals surface area contributed by atoms with Crippen LogP contribution in [0.1, 0.15) is 13.3 Å². The highest BCUT2D eigenvalue weighted by atomic mass is 79.9. The number of anilines is 1. The van der Waals surface area contributed by atoms with Crippen molar-refractivity contribution in [2.75, 3.05) is 18.6 Å². The summed E-state index contributed by atoms with van der Waals surface area (Å²) >= 11 is 4.68. The number of carbonyl (C=O) groups excluding carboxylic acids is 2. The molecule has 1 aliphatic rings. The molecule has 1 saturated heterocycles. The Morgan fingerprint density at radius 3 is 2.84 bits per heavy atom. The van der Waals surface area contributed by atoms with Gasteiger partial charge in [0.15, 0.2) is 5.12 Å². The number of amides is 1. The number of hydrogen-bond acceptors (Lipinski definition) is 4. The molecule has 0 bridgehead atoms. The second kappa shape index (κ2) is 5.96. The minimum absolute atomic E-state index is 0.0407. The lowest BCUT2D eigenvalue weighted by atomic mass is 10.3. The van der Waals surface area contributed by atoms with Gasteiger partial charge in [-0.1, -0.05) is 11.8 Å². The molecule has 1 unspecified atom stereocenters. The maximum atomic E-state index is 12.0. The summed E-state index contributed by atoms with van der Waals surface area (Å²) in [7, 11) is 1.60. The number of carbonyl (C=O) groups is 2. The first-order valence-corrected chi connectivity index (χ1v) is 7.49. The highest BCUT2D eigenvalue weighted by Crippen LogP contribution is 2.35. The Morgan fingerprint density at radius 1 is 1.53 bits per heavy atom. The Bertz CT molecular complexity index is 521. The molecule has 0 aromatic heterocycles. The Morgan fingerprint density at radius 2 is 2.26 bits per heavy atom. The summed E-state index contributed by atoms with van der Waals surface area (Å²) in [5.41, 5.74) is 0.817. The van der Waals surface area contributed by atoms with Gasteiger partial charge in [0, 0.05) is 29.6 Å². The van der Waals surface area contributed by atoms with Crippen LogP contribution in [0.15, 0.2) is 22.7 Å². The second-order valence-corrected chi connectivity index (χ2v) is 6.59. The fraction of sp³-hybridized carbons (Fsp3) is 0.385. The summed E-state index contributed by atoms with van der Waals surface area (Å²) in [5.74, 6) is 0.779. The van der Waals surface area contributed by atoms with E-state index in [1.807, 2.05) is 18.2 Å². The zero-order valence-corrected chi connectivity index (χ0v) is 13.1. The molecule has 1 heterocycles. The molecule has 1 amide bonds. The molecule has 1 aromatic rings. The summed E-state index contributed by atoms with van der Waals surface area (Å²) in [6.07, 6.45) is 0.405. The maximum absolute atomic E-state index is 12.0. The first-order valence-electron chi connectivity index (χ1n) is 5.82. The lowest BCUT2D eigenvalue weighted by Gasteiger charge is -2.18. The second-order valence-electron chi connectivity index (χ2n) is 4.26. The number of hydrogen-bond donors (Lipinski definition) is 0. The van der Waals surface area contributed by atoms with Crippen LogP contribution in [0.25, 0.3) is 0 Å². The van der Waals surface area contributed by atoms with Crippen LogP contribution in [0.2, 0.25) is 0 Å². The molecule has 0 radical (unpaired) electrons. The Hall–Kier alpha value is -1.01. The van der Waals surface area contributed by atoms with Crippen molar-refractivity contribution < 1.29 is 14.3 Å². The molecule has 1 atom stereocenters. The van der Waals surface area contributed by atoms with Crippen LogP contribution in [-0.2, 0) is 9.59 Å². The van der Waals surface area contributed by atoms with E-state index in [0.717, 1.165) is 15.9 Å². The van der Waals surface area contributed by atoms with Crippen LogP contribution >= 0.6 is 27.7 Å². The van der Waals surface area contributed by atoms with Gasteiger partial charge in [-0.05, 0) is 34.1 Å². The van der Waals surface area contributed by atoms with Crippen LogP contribution in [0.5, 0.6) is 5.75 Å². The van der Waals surface area contributed by atoms with Crippen LogP contribution in [0, 0.1) is 0 Å². The smallest absolute Gasteiger partial charge is 0.228 e. The molecule has 6 heteroatoms. The van der Waals surface area contributed by atoms with E-state index in [1.54, 1.807) is 12.0 Å². The highest BCUT2D eigenvalue weighted by Gasteiger charge is 2.32. The number of methoxy groups -OCH3 is 1. The third-order valence-corrected chi connectivity index (χ3v) is 4.48. The van der Waals surface area contributed by atoms with E-state index in [2.05, 4.69) is 15.9 Å². The van der Waals surface area contributed by atoms with Gasteiger partial charge in [-0.25, -0.2) is 0 Å². The fourth-order valence-corrected chi connectivity index (χ4v) is 3.55. The van der Waals surface area contributed by atoms with Gasteiger partial charge in [0.2, 0.25) is 5.91 Å². The number of benzene rings is 1. The Labute approximate surface area is 124 Å². The number of rotatable bonds is 3. The molecule has 0 spiro atoms. The molecule has 1 aliphatic heterocycles. The van der Waals surface area contributed by atoms with E-state index in [4.69, 9.17) is 4.74 Å². The zero-order valence-electron chi connectivity index (χ0n) is 10.7. The third-order valence-electron chi connectivity index (χ3n) is 2.87. The van der Waals surface area contributed by atoms with E-state index < -0.39 is 0 Å². The van der Waals surface area contributed by atoms with Gasteiger partial charge in [-0.2, -0.15) is 0 Å². The number of nitrogens with zero attached hydrogens (tertiary/aromatic N) is 1. The van der Waals surface area contributed by atoms with E-state index in [9.17, 15) is 9.59 Å². The minimum atomic E-state index is 0.0407. The Balaban J connectivity index is 2.18. The lowest BCUT2D eigenvalue weighted by molar-refractivity contribution is -0.117. The van der Waals surface area contributed by atoms with Gasteiger partial charge in [0.25, 0.3) is 0 Å². The van der Waals surface area contributed by atoms with Crippen LogP contribution in [0.4, 0.5) is 5.69 Å². The SMILES string of the molecule is COc1ccc(N2CC(SC(C)=O)CC2=O)c(Br)c1. The van der Waals surface area contributed by atoms with Crippen molar-refractivity contribution in [3.63, 3.8) is 0 Å². The predicted molar refractivity (Wildman–Crippen MR) is 79.7 cm³/mol. The van der Waals surface area contributed by atoms with Crippen molar-refractivity contribution in [2.24, 2.45) is 0 Å². The molecule has 0 N–H and O–H groups in total. The first kappa shape index (κ1) is 14.4. The van der Waals surface area contributed by atoms with Crippen molar-refractivity contribution in [1.29, 1.82) is 0 Å². The van der Waals surface area contributed by atoms with Gasteiger partial charge < -0.3 is 9.64 Å². The first-order chi connectivity index (χ1) is 9.01. The van der Waals surface area contributed by atoms with Gasteiger partial charge in [-0.3, -0.25) is 9.59 Å². The standard InChI is InChI=1S/C13H14BrNO3S/c1-8(16)19-10-6-13(17)15(7-10)12-4-3-9(18-2)5-11(12)14/h3-5,10H,6-7H2,1-2H3. The molecule has 2 rings (SSSR count). The van der Waals surface area contributed by atoms with Gasteiger partial charge in [0.05, 0.1) is 12.8 Å². The molecular weight excluding hydrogens is 330 g/mol. The van der Waals surface area contributed by atoms with E-state index in [0.29, 0.717) is 13.0 Å². The van der Waals surface area contributed by atoms with Crippen molar-refractivity contribution in [1.82, 2.24) is 0 Å². The summed E-state index contributed by atoms with van der Waals surface area (Å²) in [4.78, 5) is 24.8. The van der Waals surface area contributed by atoms with Crippen LogP contribution < -0.4 is 9.64 Å². The lowest BCUT2D eigenvalue weighted by Crippen LogP contribution is -2.25.